The Balaban J connectivity index is 5.16. The van der Waals surface area contributed by atoms with Crippen LogP contribution in [-0.4, -0.2) is 33.3 Å². The van der Waals surface area contributed by atoms with E-state index in [2.05, 4.69) is 59.3 Å². The summed E-state index contributed by atoms with van der Waals surface area (Å²) in [6.45, 7) is 17.7. The van der Waals surface area contributed by atoms with E-state index in [1.807, 2.05) is 13.2 Å². The van der Waals surface area contributed by atoms with Gasteiger partial charge in [0.1, 0.15) is 0 Å². The third-order valence-corrected chi connectivity index (χ3v) is 10.0. The summed E-state index contributed by atoms with van der Waals surface area (Å²) in [5.74, 6) is 0.189. The van der Waals surface area contributed by atoms with Crippen LogP contribution in [0, 0.1) is 5.92 Å². The third kappa shape index (κ3) is 7.51. The monoisotopic (exact) mass is 375 g/mol. The number of nitrogens with one attached hydrogen (secondary N) is 1. The van der Waals surface area contributed by atoms with Gasteiger partial charge in [-0.05, 0) is 37.7 Å². The lowest BCUT2D eigenvalue weighted by Crippen LogP contribution is -2.41. The molecule has 6 heteroatoms. The highest BCUT2D eigenvalue weighted by Crippen LogP contribution is 2.38. The van der Waals surface area contributed by atoms with Crippen LogP contribution in [0.2, 0.25) is 18.1 Å². The van der Waals surface area contributed by atoms with Crippen molar-refractivity contribution in [3.63, 3.8) is 0 Å². The number of thioether (sulfide) groups is 1. The van der Waals surface area contributed by atoms with Gasteiger partial charge in [-0.15, -0.1) is 11.8 Å². The first-order valence-corrected chi connectivity index (χ1v) is 13.0. The number of ether oxygens (including phenoxy) is 1. The van der Waals surface area contributed by atoms with Crippen molar-refractivity contribution in [2.24, 2.45) is 5.92 Å². The molecule has 0 fully saturated rings. The Labute approximate surface area is 154 Å². The number of hydrogen-bond acceptors (Lipinski definition) is 4. The summed E-state index contributed by atoms with van der Waals surface area (Å²) in [6, 6.07) is 0.0516. The average Bonchev–Trinajstić information content (AvgIpc) is 2.46. The number of amides is 1. The van der Waals surface area contributed by atoms with Gasteiger partial charge in [0, 0.05) is 16.9 Å². The molecule has 0 unspecified atom stereocenters. The molecule has 0 spiro atoms. The van der Waals surface area contributed by atoms with Crippen LogP contribution >= 0.6 is 11.8 Å². The van der Waals surface area contributed by atoms with Crippen molar-refractivity contribution in [1.82, 2.24) is 5.32 Å². The minimum absolute atomic E-state index is 0.0516. The molecular weight excluding hydrogens is 338 g/mol. The number of hydrogen-bond donors (Lipinski definition) is 1. The van der Waals surface area contributed by atoms with Crippen molar-refractivity contribution in [3.8, 4) is 0 Å². The number of rotatable bonds is 9. The highest BCUT2D eigenvalue weighted by Gasteiger charge is 2.38. The molecule has 1 N–H and O–H groups in total. The maximum atomic E-state index is 11.8. The van der Waals surface area contributed by atoms with E-state index in [9.17, 15) is 4.79 Å². The first-order chi connectivity index (χ1) is 11.0. The summed E-state index contributed by atoms with van der Waals surface area (Å²) >= 11 is 1.69. The Morgan fingerprint density at radius 1 is 1.29 bits per heavy atom. The van der Waals surface area contributed by atoms with Gasteiger partial charge in [0.25, 0.3) is 0 Å². The second-order valence-corrected chi connectivity index (χ2v) is 13.3. The van der Waals surface area contributed by atoms with Crippen LogP contribution in [0.4, 0.5) is 4.79 Å². The zero-order valence-electron chi connectivity index (χ0n) is 17.0. The van der Waals surface area contributed by atoms with Crippen molar-refractivity contribution < 1.29 is 14.0 Å². The van der Waals surface area contributed by atoms with Gasteiger partial charge in [-0.25, -0.2) is 4.79 Å². The minimum Gasteiger partial charge on any atom is -0.548 e. The molecule has 0 aliphatic carbocycles. The van der Waals surface area contributed by atoms with Crippen LogP contribution < -0.4 is 5.32 Å². The van der Waals surface area contributed by atoms with Gasteiger partial charge in [0.05, 0.1) is 12.9 Å². The van der Waals surface area contributed by atoms with Crippen molar-refractivity contribution in [1.29, 1.82) is 0 Å². The third-order valence-electron chi connectivity index (χ3n) is 4.74. The topological polar surface area (TPSA) is 47.6 Å². The van der Waals surface area contributed by atoms with Crippen molar-refractivity contribution in [2.45, 2.75) is 78.6 Å². The van der Waals surface area contributed by atoms with Crippen LogP contribution in [0.15, 0.2) is 11.2 Å². The van der Waals surface area contributed by atoms with Crippen LogP contribution in [0.3, 0.4) is 0 Å². The molecule has 0 aliphatic heterocycles. The maximum Gasteiger partial charge on any atom is 0.407 e. The molecule has 0 radical (unpaired) electrons. The largest absolute Gasteiger partial charge is 0.548 e. The second kappa shape index (κ2) is 10.4. The molecule has 1 amide bonds. The van der Waals surface area contributed by atoms with E-state index in [1.165, 1.54) is 0 Å². The average molecular weight is 376 g/mol. The number of carbonyl (C=O) groups excluding carboxylic acids is 1. The highest BCUT2D eigenvalue weighted by atomic mass is 32.2. The van der Waals surface area contributed by atoms with Crippen LogP contribution in [-0.2, 0) is 9.16 Å². The van der Waals surface area contributed by atoms with E-state index in [0.29, 0.717) is 6.61 Å². The molecule has 0 saturated carbocycles. The van der Waals surface area contributed by atoms with Crippen molar-refractivity contribution in [3.05, 3.63) is 11.2 Å². The summed E-state index contributed by atoms with van der Waals surface area (Å²) in [6.07, 6.45) is 5.57. The predicted octanol–water partition coefficient (Wildman–Crippen LogP) is 5.76. The lowest BCUT2D eigenvalue weighted by atomic mass is 9.97. The van der Waals surface area contributed by atoms with Gasteiger partial charge in [-0.2, -0.15) is 0 Å². The quantitative estimate of drug-likeness (QED) is 0.411. The Hall–Kier alpha value is -0.623. The van der Waals surface area contributed by atoms with Gasteiger partial charge in [-0.3, -0.25) is 0 Å². The Bertz CT molecular complexity index is 419. The molecule has 0 saturated heterocycles. The summed E-state index contributed by atoms with van der Waals surface area (Å²) in [5.41, 5.74) is 0. The Kier molecular flexibility index (Phi) is 10.1. The molecule has 4 nitrogen and oxygen atoms in total. The molecule has 0 heterocycles. The number of carbonyl (C=O) groups is 1. The van der Waals surface area contributed by atoms with Gasteiger partial charge >= 0.3 is 6.09 Å². The van der Waals surface area contributed by atoms with Gasteiger partial charge in [0.15, 0.2) is 0 Å². The fraction of sp³-hybridized carbons (Fsp3) is 0.833. The highest BCUT2D eigenvalue weighted by molar-refractivity contribution is 8.02. The number of alkyl carbamates (subject to hydrolysis) is 1. The Morgan fingerprint density at radius 3 is 2.29 bits per heavy atom. The van der Waals surface area contributed by atoms with Gasteiger partial charge in [0.2, 0.25) is 8.32 Å². The van der Waals surface area contributed by atoms with E-state index in [0.717, 1.165) is 17.7 Å². The van der Waals surface area contributed by atoms with Gasteiger partial charge < -0.3 is 14.5 Å². The molecule has 0 aromatic rings. The zero-order valence-corrected chi connectivity index (χ0v) is 18.8. The lowest BCUT2D eigenvalue weighted by molar-refractivity contribution is 0.144. The standard InChI is InChI=1S/C18H37NO3SSi/c1-10-12-15(19-17(20)21-11-2)14(3)16(23-7)13-22-24(8,9)18(4,5)6/h13-15H,10-12H2,1-9H3,(H,19,20)/b16-13-/t14-,15+/m1/s1. The van der Waals surface area contributed by atoms with Crippen molar-refractivity contribution in [2.75, 3.05) is 12.9 Å². The zero-order chi connectivity index (χ0) is 19.0. The molecular formula is C18H37NO3SSi. The lowest BCUT2D eigenvalue weighted by Gasteiger charge is -2.36. The maximum absolute atomic E-state index is 11.8. The summed E-state index contributed by atoms with van der Waals surface area (Å²) in [4.78, 5) is 13.0. The molecule has 0 aromatic heterocycles. The van der Waals surface area contributed by atoms with Gasteiger partial charge in [-0.1, -0.05) is 41.0 Å². The molecule has 0 rings (SSSR count). The van der Waals surface area contributed by atoms with E-state index >= 15 is 0 Å². The SMILES string of the molecule is CCC[C@H](NC(=O)OCC)[C@@H](C)/C(=C/O[Si](C)(C)C(C)(C)C)SC. The normalized spacial score (nSPS) is 15.6. The molecule has 24 heavy (non-hydrogen) atoms. The fourth-order valence-corrected chi connectivity index (χ4v) is 3.55. The second-order valence-electron chi connectivity index (χ2n) is 7.65. The van der Waals surface area contributed by atoms with E-state index in [1.54, 1.807) is 11.8 Å². The molecule has 0 bridgehead atoms. The Morgan fingerprint density at radius 2 is 1.88 bits per heavy atom. The van der Waals surface area contributed by atoms with Crippen LogP contribution in [0.25, 0.3) is 0 Å². The van der Waals surface area contributed by atoms with E-state index in [-0.39, 0.29) is 23.1 Å². The molecule has 0 aromatic carbocycles. The molecule has 0 aliphatic rings. The summed E-state index contributed by atoms with van der Waals surface area (Å²) in [5, 5.41) is 3.17. The summed E-state index contributed by atoms with van der Waals surface area (Å²) in [7, 11) is -1.83. The smallest absolute Gasteiger partial charge is 0.407 e. The first-order valence-electron chi connectivity index (χ1n) is 8.85. The van der Waals surface area contributed by atoms with E-state index in [4.69, 9.17) is 9.16 Å². The molecule has 142 valence electrons. The van der Waals surface area contributed by atoms with Crippen molar-refractivity contribution >= 4 is 26.2 Å². The van der Waals surface area contributed by atoms with E-state index < -0.39 is 8.32 Å². The summed E-state index contributed by atoms with van der Waals surface area (Å²) < 4.78 is 11.3. The first kappa shape index (κ1) is 23.4. The minimum atomic E-state index is -1.83. The fourth-order valence-electron chi connectivity index (χ4n) is 2.00. The van der Waals surface area contributed by atoms with Crippen LogP contribution in [0.1, 0.15) is 54.4 Å². The predicted molar refractivity (Wildman–Crippen MR) is 108 cm³/mol. The van der Waals surface area contributed by atoms with Crippen LogP contribution in [0.5, 0.6) is 0 Å². The molecule has 2 atom stereocenters.